The van der Waals surface area contributed by atoms with E-state index in [2.05, 4.69) is 53.5 Å². The minimum Gasteiger partial charge on any atom is -0.303 e. The van der Waals surface area contributed by atoms with Crippen LogP contribution in [0.15, 0.2) is 36.7 Å². The Hall–Kier alpha value is -1.68. The molecule has 1 N–H and O–H groups in total. The van der Waals surface area contributed by atoms with E-state index in [4.69, 9.17) is 0 Å². The summed E-state index contributed by atoms with van der Waals surface area (Å²) >= 11 is 0. The van der Waals surface area contributed by atoms with Crippen LogP contribution in [-0.4, -0.2) is 14.8 Å². The van der Waals surface area contributed by atoms with Crippen molar-refractivity contribution in [2.24, 2.45) is 13.0 Å². The third kappa shape index (κ3) is 3.17. The van der Waals surface area contributed by atoms with Gasteiger partial charge >= 0.3 is 0 Å². The van der Waals surface area contributed by atoms with Crippen molar-refractivity contribution >= 4 is 0 Å². The fourth-order valence-corrected chi connectivity index (χ4v) is 2.06. The highest BCUT2D eigenvalue weighted by molar-refractivity contribution is 5.19. The molecule has 0 fully saturated rings. The molecule has 1 aromatic carbocycles. The van der Waals surface area contributed by atoms with Gasteiger partial charge in [-0.05, 0) is 11.5 Å². The Kier molecular flexibility index (Phi) is 4.10. The highest BCUT2D eigenvalue weighted by Gasteiger charge is 2.15. The molecule has 4 nitrogen and oxygen atoms in total. The Balaban J connectivity index is 2.03. The first-order chi connectivity index (χ1) is 8.66. The SMILES string of the molecule is CC(C)C(NCc1ncn(C)n1)c1ccccc1. The minimum atomic E-state index is 0.329. The van der Waals surface area contributed by atoms with E-state index in [1.807, 2.05) is 13.1 Å². The molecule has 2 aromatic rings. The molecule has 1 unspecified atom stereocenters. The minimum absolute atomic E-state index is 0.329. The van der Waals surface area contributed by atoms with Gasteiger partial charge in [0.25, 0.3) is 0 Å². The van der Waals surface area contributed by atoms with Gasteiger partial charge in [0.2, 0.25) is 0 Å². The summed E-state index contributed by atoms with van der Waals surface area (Å²) in [6.07, 6.45) is 1.73. The number of benzene rings is 1. The molecule has 0 bridgehead atoms. The van der Waals surface area contributed by atoms with Crippen LogP contribution in [0.25, 0.3) is 0 Å². The second-order valence-electron chi connectivity index (χ2n) is 4.85. The average Bonchev–Trinajstić information content (AvgIpc) is 2.76. The number of rotatable bonds is 5. The molecule has 96 valence electrons. The van der Waals surface area contributed by atoms with Crippen LogP contribution in [0.3, 0.4) is 0 Å². The smallest absolute Gasteiger partial charge is 0.164 e. The molecule has 0 radical (unpaired) electrons. The van der Waals surface area contributed by atoms with Crippen molar-refractivity contribution in [1.82, 2.24) is 20.1 Å². The highest BCUT2D eigenvalue weighted by Crippen LogP contribution is 2.21. The molecule has 18 heavy (non-hydrogen) atoms. The maximum Gasteiger partial charge on any atom is 0.164 e. The summed E-state index contributed by atoms with van der Waals surface area (Å²) in [5.74, 6) is 1.36. The first kappa shape index (κ1) is 12.8. The zero-order valence-corrected chi connectivity index (χ0v) is 11.2. The monoisotopic (exact) mass is 244 g/mol. The van der Waals surface area contributed by atoms with Crippen molar-refractivity contribution in [3.63, 3.8) is 0 Å². The molecule has 0 aliphatic rings. The number of nitrogens with zero attached hydrogens (tertiary/aromatic N) is 3. The normalized spacial score (nSPS) is 12.9. The number of aryl methyl sites for hydroxylation is 1. The molecule has 1 aromatic heterocycles. The Morgan fingerprint density at radius 2 is 1.94 bits per heavy atom. The molecule has 2 rings (SSSR count). The van der Waals surface area contributed by atoms with Gasteiger partial charge in [-0.1, -0.05) is 44.2 Å². The topological polar surface area (TPSA) is 42.7 Å². The molecular weight excluding hydrogens is 224 g/mol. The lowest BCUT2D eigenvalue weighted by atomic mass is 9.96. The van der Waals surface area contributed by atoms with Crippen molar-refractivity contribution in [3.05, 3.63) is 48.0 Å². The van der Waals surface area contributed by atoms with E-state index in [1.54, 1.807) is 11.0 Å². The maximum atomic E-state index is 4.28. The quantitative estimate of drug-likeness (QED) is 0.877. The van der Waals surface area contributed by atoms with Gasteiger partial charge < -0.3 is 5.32 Å². The summed E-state index contributed by atoms with van der Waals surface area (Å²) in [6.45, 7) is 5.13. The molecular formula is C14H20N4. The predicted octanol–water partition coefficient (Wildman–Crippen LogP) is 2.30. The second-order valence-corrected chi connectivity index (χ2v) is 4.85. The van der Waals surface area contributed by atoms with E-state index in [0.717, 1.165) is 5.82 Å². The van der Waals surface area contributed by atoms with Gasteiger partial charge in [-0.3, -0.25) is 4.68 Å². The fourth-order valence-electron chi connectivity index (χ4n) is 2.06. The van der Waals surface area contributed by atoms with Gasteiger partial charge in [0.15, 0.2) is 5.82 Å². The van der Waals surface area contributed by atoms with Crippen molar-refractivity contribution in [2.45, 2.75) is 26.4 Å². The van der Waals surface area contributed by atoms with Crippen LogP contribution < -0.4 is 5.32 Å². The molecule has 0 saturated heterocycles. The van der Waals surface area contributed by atoms with Gasteiger partial charge in [-0.2, -0.15) is 5.10 Å². The zero-order valence-electron chi connectivity index (χ0n) is 11.2. The molecule has 0 saturated carbocycles. The lowest BCUT2D eigenvalue weighted by Crippen LogP contribution is -2.25. The van der Waals surface area contributed by atoms with Crippen molar-refractivity contribution in [3.8, 4) is 0 Å². The highest BCUT2D eigenvalue weighted by atomic mass is 15.3. The molecule has 0 aliphatic heterocycles. The number of aromatic nitrogens is 3. The third-order valence-corrected chi connectivity index (χ3v) is 2.95. The van der Waals surface area contributed by atoms with Gasteiger partial charge in [0, 0.05) is 13.1 Å². The van der Waals surface area contributed by atoms with Crippen LogP contribution in [0.1, 0.15) is 31.3 Å². The van der Waals surface area contributed by atoms with E-state index >= 15 is 0 Å². The molecule has 0 amide bonds. The first-order valence-corrected chi connectivity index (χ1v) is 6.29. The van der Waals surface area contributed by atoms with Gasteiger partial charge in [0.05, 0.1) is 6.54 Å². The summed E-state index contributed by atoms with van der Waals surface area (Å²) in [5, 5.41) is 7.81. The lowest BCUT2D eigenvalue weighted by molar-refractivity contribution is 0.405. The van der Waals surface area contributed by atoms with Gasteiger partial charge in [-0.25, -0.2) is 4.98 Å². The molecule has 1 heterocycles. The predicted molar refractivity (Wildman–Crippen MR) is 71.9 cm³/mol. The van der Waals surface area contributed by atoms with Crippen LogP contribution in [-0.2, 0) is 13.6 Å². The van der Waals surface area contributed by atoms with Crippen molar-refractivity contribution in [2.75, 3.05) is 0 Å². The van der Waals surface area contributed by atoms with Crippen molar-refractivity contribution in [1.29, 1.82) is 0 Å². The van der Waals surface area contributed by atoms with E-state index < -0.39 is 0 Å². The van der Waals surface area contributed by atoms with E-state index in [-0.39, 0.29) is 0 Å². The number of hydrogen-bond donors (Lipinski definition) is 1. The average molecular weight is 244 g/mol. The Labute approximate surface area is 108 Å². The molecule has 0 spiro atoms. The molecule has 4 heteroatoms. The van der Waals surface area contributed by atoms with E-state index in [0.29, 0.717) is 18.5 Å². The molecule has 0 aliphatic carbocycles. The Bertz CT molecular complexity index is 476. The summed E-state index contributed by atoms with van der Waals surface area (Å²) in [6, 6.07) is 10.8. The van der Waals surface area contributed by atoms with Crippen LogP contribution >= 0.6 is 0 Å². The number of nitrogens with one attached hydrogen (secondary N) is 1. The summed E-state index contributed by atoms with van der Waals surface area (Å²) in [4.78, 5) is 4.23. The van der Waals surface area contributed by atoms with Crippen LogP contribution in [0.5, 0.6) is 0 Å². The summed E-state index contributed by atoms with van der Waals surface area (Å²) in [5.41, 5.74) is 1.31. The standard InChI is InChI=1S/C14H20N4/c1-11(2)14(12-7-5-4-6-8-12)15-9-13-16-10-18(3)17-13/h4-8,10-11,14-15H,9H2,1-3H3. The van der Waals surface area contributed by atoms with Gasteiger partial charge in [-0.15, -0.1) is 0 Å². The second kappa shape index (κ2) is 5.78. The number of hydrogen-bond acceptors (Lipinski definition) is 3. The fraction of sp³-hybridized carbons (Fsp3) is 0.429. The Morgan fingerprint density at radius 1 is 1.22 bits per heavy atom. The summed E-state index contributed by atoms with van der Waals surface area (Å²) in [7, 11) is 1.88. The maximum absolute atomic E-state index is 4.28. The third-order valence-electron chi connectivity index (χ3n) is 2.95. The van der Waals surface area contributed by atoms with Gasteiger partial charge in [0.1, 0.15) is 6.33 Å². The Morgan fingerprint density at radius 3 is 2.50 bits per heavy atom. The van der Waals surface area contributed by atoms with E-state index in [9.17, 15) is 0 Å². The van der Waals surface area contributed by atoms with Crippen LogP contribution in [0.2, 0.25) is 0 Å². The molecule has 1 atom stereocenters. The van der Waals surface area contributed by atoms with E-state index in [1.165, 1.54) is 5.56 Å². The van der Waals surface area contributed by atoms with Crippen LogP contribution in [0, 0.1) is 5.92 Å². The first-order valence-electron chi connectivity index (χ1n) is 6.29. The lowest BCUT2D eigenvalue weighted by Gasteiger charge is -2.22. The van der Waals surface area contributed by atoms with Crippen molar-refractivity contribution < 1.29 is 0 Å². The summed E-state index contributed by atoms with van der Waals surface area (Å²) < 4.78 is 1.73. The largest absolute Gasteiger partial charge is 0.303 e. The zero-order chi connectivity index (χ0) is 13.0. The van der Waals surface area contributed by atoms with Crippen LogP contribution in [0.4, 0.5) is 0 Å².